The fourth-order valence-corrected chi connectivity index (χ4v) is 4.47. The number of carbonyl (C=O) groups is 2. The number of aromatic amines is 1. The summed E-state index contributed by atoms with van der Waals surface area (Å²) in [6, 6.07) is 9.90. The molecule has 0 radical (unpaired) electrons. The second-order valence-corrected chi connectivity index (χ2v) is 9.06. The lowest BCUT2D eigenvalue weighted by molar-refractivity contribution is -0.133. The van der Waals surface area contributed by atoms with E-state index >= 15 is 0 Å². The average molecular weight is 514 g/mol. The molecule has 178 valence electrons. The molecule has 35 heavy (non-hydrogen) atoms. The molecule has 5 rings (SSSR count). The van der Waals surface area contributed by atoms with Gasteiger partial charge in [0, 0.05) is 11.9 Å². The Morgan fingerprint density at radius 1 is 1.11 bits per heavy atom. The lowest BCUT2D eigenvalue weighted by Gasteiger charge is -2.27. The number of anilines is 2. The predicted molar refractivity (Wildman–Crippen MR) is 130 cm³/mol. The van der Waals surface area contributed by atoms with Crippen molar-refractivity contribution in [1.82, 2.24) is 15.2 Å². The summed E-state index contributed by atoms with van der Waals surface area (Å²) in [6.07, 6.45) is 2.20. The van der Waals surface area contributed by atoms with Crippen molar-refractivity contribution in [3.05, 3.63) is 70.2 Å². The number of hydrogen-bond acceptors (Lipinski definition) is 5. The van der Waals surface area contributed by atoms with E-state index in [1.54, 1.807) is 19.2 Å². The quantitative estimate of drug-likeness (QED) is 0.333. The van der Waals surface area contributed by atoms with Crippen molar-refractivity contribution < 1.29 is 18.7 Å². The first-order valence-electron chi connectivity index (χ1n) is 10.6. The number of hydrogen-bond donors (Lipinski definition) is 2. The second-order valence-electron chi connectivity index (χ2n) is 8.25. The van der Waals surface area contributed by atoms with Gasteiger partial charge in [-0.2, -0.15) is 5.10 Å². The van der Waals surface area contributed by atoms with Gasteiger partial charge in [0.2, 0.25) is 11.8 Å². The molecule has 2 amide bonds. The molecule has 0 bridgehead atoms. The topological polar surface area (TPSA) is 114 Å². The van der Waals surface area contributed by atoms with Crippen LogP contribution in [0.2, 0.25) is 10.0 Å². The van der Waals surface area contributed by atoms with Gasteiger partial charge < -0.3 is 10.5 Å². The Kier molecular flexibility index (Phi) is 5.61. The largest absolute Gasteiger partial charge is 0.453 e. The summed E-state index contributed by atoms with van der Waals surface area (Å²) in [4.78, 5) is 31.1. The van der Waals surface area contributed by atoms with Crippen LogP contribution in [0.5, 0.6) is 11.5 Å². The molecular formula is C24H18Cl2FN5O3. The fraction of sp³-hybridized carbons (Fsp3) is 0.167. The van der Waals surface area contributed by atoms with E-state index in [0.29, 0.717) is 41.0 Å². The van der Waals surface area contributed by atoms with Crippen LogP contribution in [0.3, 0.4) is 0 Å². The van der Waals surface area contributed by atoms with Gasteiger partial charge in [0.25, 0.3) is 0 Å². The van der Waals surface area contributed by atoms with Crippen molar-refractivity contribution in [3.63, 3.8) is 0 Å². The third kappa shape index (κ3) is 3.96. The Hall–Kier alpha value is -3.69. The first-order chi connectivity index (χ1) is 16.7. The van der Waals surface area contributed by atoms with Gasteiger partial charge in [0.05, 0.1) is 26.8 Å². The Labute approximate surface area is 208 Å². The third-order valence-corrected chi connectivity index (χ3v) is 6.54. The maximum absolute atomic E-state index is 13.6. The molecule has 0 aliphatic heterocycles. The summed E-state index contributed by atoms with van der Waals surface area (Å²) in [5, 5.41) is 7.85. The molecule has 11 heteroatoms. The molecular weight excluding hydrogens is 496 g/mol. The minimum absolute atomic E-state index is 0.113. The van der Waals surface area contributed by atoms with Crippen LogP contribution in [0, 0.1) is 18.2 Å². The standard InChI is InChI=1S/C24H18Cl2FN5O3/c1-12-19-18(6-9-29-21(19)31-30-12)35-20-16(25)10-15(11-17(20)26)32(14-4-2-13(27)3-5-14)23(34)24(7-8-24)22(28)33/h2-6,9-11H,7-8H2,1H3,(H2,28,33)(H,29,30,31). The van der Waals surface area contributed by atoms with Crippen molar-refractivity contribution in [1.29, 1.82) is 0 Å². The molecule has 2 heterocycles. The number of H-pyrrole nitrogens is 1. The number of fused-ring (bicyclic) bond motifs is 1. The summed E-state index contributed by atoms with van der Waals surface area (Å²) in [5.41, 5.74) is 6.03. The van der Waals surface area contributed by atoms with Gasteiger partial charge >= 0.3 is 0 Å². The van der Waals surface area contributed by atoms with E-state index < -0.39 is 23.0 Å². The number of benzene rings is 2. The van der Waals surface area contributed by atoms with Gasteiger partial charge in [-0.05, 0) is 62.2 Å². The number of halogens is 3. The lowest BCUT2D eigenvalue weighted by Crippen LogP contribution is -2.41. The molecule has 1 fully saturated rings. The molecule has 0 unspecified atom stereocenters. The molecule has 0 saturated heterocycles. The number of carbonyl (C=O) groups excluding carboxylic acids is 2. The van der Waals surface area contributed by atoms with Crippen molar-refractivity contribution in [2.45, 2.75) is 19.8 Å². The van der Waals surface area contributed by atoms with Crippen LogP contribution in [0.25, 0.3) is 11.0 Å². The van der Waals surface area contributed by atoms with Crippen molar-refractivity contribution >= 4 is 57.4 Å². The number of nitrogens with two attached hydrogens (primary N) is 1. The summed E-state index contributed by atoms with van der Waals surface area (Å²) in [7, 11) is 0. The number of ether oxygens (including phenoxy) is 1. The molecule has 2 aromatic carbocycles. The minimum atomic E-state index is -1.33. The molecule has 8 nitrogen and oxygen atoms in total. The molecule has 2 aromatic heterocycles. The van der Waals surface area contributed by atoms with Crippen LogP contribution in [0.4, 0.5) is 15.8 Å². The fourth-order valence-electron chi connectivity index (χ4n) is 3.92. The van der Waals surface area contributed by atoms with E-state index in [0.717, 1.165) is 0 Å². The van der Waals surface area contributed by atoms with Crippen LogP contribution in [-0.4, -0.2) is 27.0 Å². The van der Waals surface area contributed by atoms with Gasteiger partial charge in [0.15, 0.2) is 11.4 Å². The number of aryl methyl sites for hydroxylation is 1. The Bertz CT molecular complexity index is 1460. The van der Waals surface area contributed by atoms with Gasteiger partial charge in [-0.3, -0.25) is 19.6 Å². The number of nitrogens with zero attached hydrogens (tertiary/aromatic N) is 3. The highest BCUT2D eigenvalue weighted by molar-refractivity contribution is 6.38. The zero-order valence-electron chi connectivity index (χ0n) is 18.3. The smallest absolute Gasteiger partial charge is 0.247 e. The van der Waals surface area contributed by atoms with Gasteiger partial charge in [0.1, 0.15) is 17.0 Å². The van der Waals surface area contributed by atoms with Crippen LogP contribution in [-0.2, 0) is 9.59 Å². The first kappa shape index (κ1) is 23.1. The molecule has 1 aliphatic rings. The summed E-state index contributed by atoms with van der Waals surface area (Å²) < 4.78 is 19.6. The van der Waals surface area contributed by atoms with Crippen molar-refractivity contribution in [3.8, 4) is 11.5 Å². The Morgan fingerprint density at radius 2 is 1.77 bits per heavy atom. The zero-order chi connectivity index (χ0) is 24.9. The second kappa shape index (κ2) is 8.51. The van der Waals surface area contributed by atoms with E-state index in [9.17, 15) is 14.0 Å². The molecule has 4 aromatic rings. The van der Waals surface area contributed by atoms with Crippen LogP contribution in [0.1, 0.15) is 18.5 Å². The summed E-state index contributed by atoms with van der Waals surface area (Å²) >= 11 is 13.1. The van der Waals surface area contributed by atoms with Gasteiger partial charge in [-0.1, -0.05) is 23.2 Å². The highest BCUT2D eigenvalue weighted by Gasteiger charge is 2.57. The minimum Gasteiger partial charge on any atom is -0.453 e. The van der Waals surface area contributed by atoms with E-state index in [4.69, 9.17) is 33.7 Å². The Morgan fingerprint density at radius 3 is 2.37 bits per heavy atom. The maximum Gasteiger partial charge on any atom is 0.247 e. The van der Waals surface area contributed by atoms with E-state index in [2.05, 4.69) is 15.2 Å². The summed E-state index contributed by atoms with van der Waals surface area (Å²) in [6.45, 7) is 1.80. The number of nitrogens with one attached hydrogen (secondary N) is 1. The average Bonchev–Trinajstić information content (AvgIpc) is 3.56. The normalized spacial score (nSPS) is 14.1. The van der Waals surface area contributed by atoms with E-state index in [-0.39, 0.29) is 21.5 Å². The zero-order valence-corrected chi connectivity index (χ0v) is 19.8. The third-order valence-electron chi connectivity index (χ3n) is 5.98. The number of aromatic nitrogens is 3. The van der Waals surface area contributed by atoms with Crippen LogP contribution in [0.15, 0.2) is 48.7 Å². The van der Waals surface area contributed by atoms with E-state index in [1.807, 2.05) is 0 Å². The monoisotopic (exact) mass is 513 g/mol. The summed E-state index contributed by atoms with van der Waals surface area (Å²) in [5.74, 6) is -1.14. The number of pyridine rings is 1. The predicted octanol–water partition coefficient (Wildman–Crippen LogP) is 5.43. The Balaban J connectivity index is 1.58. The lowest BCUT2D eigenvalue weighted by atomic mass is 10.0. The van der Waals surface area contributed by atoms with Gasteiger partial charge in [-0.25, -0.2) is 9.37 Å². The molecule has 0 spiro atoms. The van der Waals surface area contributed by atoms with Crippen LogP contribution < -0.4 is 15.4 Å². The number of amides is 2. The van der Waals surface area contributed by atoms with Gasteiger partial charge in [-0.15, -0.1) is 0 Å². The molecule has 1 saturated carbocycles. The van der Waals surface area contributed by atoms with Crippen LogP contribution >= 0.6 is 23.2 Å². The van der Waals surface area contributed by atoms with E-state index in [1.165, 1.54) is 41.3 Å². The molecule has 1 aliphatic carbocycles. The first-order valence-corrected chi connectivity index (χ1v) is 11.3. The molecule has 0 atom stereocenters. The van der Waals surface area contributed by atoms with Crippen molar-refractivity contribution in [2.75, 3.05) is 4.90 Å². The highest BCUT2D eigenvalue weighted by atomic mass is 35.5. The molecule has 3 N–H and O–H groups in total. The SMILES string of the molecule is Cc1n[nH]c2nccc(Oc3c(Cl)cc(N(C(=O)C4(C(N)=O)CC4)c4ccc(F)cc4)cc3Cl)c12. The maximum atomic E-state index is 13.6. The highest BCUT2D eigenvalue weighted by Crippen LogP contribution is 2.50. The van der Waals surface area contributed by atoms with Crippen molar-refractivity contribution in [2.24, 2.45) is 11.1 Å². The number of rotatable bonds is 6. The number of primary amides is 1.